The predicted octanol–water partition coefficient (Wildman–Crippen LogP) is 1.61. The third kappa shape index (κ3) is 4.22. The van der Waals surface area contributed by atoms with E-state index in [9.17, 15) is 4.79 Å². The van der Waals surface area contributed by atoms with Crippen LogP contribution < -0.4 is 5.32 Å². The molecule has 1 N–H and O–H groups in total. The Morgan fingerprint density at radius 1 is 1.21 bits per heavy atom. The number of ether oxygens (including phenoxy) is 1. The lowest BCUT2D eigenvalue weighted by molar-refractivity contribution is 0.148. The number of rotatable bonds is 3. The summed E-state index contributed by atoms with van der Waals surface area (Å²) in [4.78, 5) is 15.9. The summed E-state index contributed by atoms with van der Waals surface area (Å²) in [6.07, 6.45) is -0.438. The second kappa shape index (κ2) is 6.54. The molecule has 0 spiro atoms. The minimum Gasteiger partial charge on any atom is -0.453 e. The molecule has 0 radical (unpaired) electrons. The Hall–Kier alpha value is -1.59. The molecule has 1 fully saturated rings. The van der Waals surface area contributed by atoms with Gasteiger partial charge in [-0.2, -0.15) is 0 Å². The lowest BCUT2D eigenvalue weighted by Crippen LogP contribution is -2.43. The number of hydrogen-bond acceptors (Lipinski definition) is 4. The molecule has 0 bridgehead atoms. The van der Waals surface area contributed by atoms with Crippen molar-refractivity contribution in [2.45, 2.75) is 6.54 Å². The zero-order chi connectivity index (χ0) is 13.7. The Morgan fingerprint density at radius 2 is 1.84 bits per heavy atom. The quantitative estimate of drug-likeness (QED) is 0.900. The fourth-order valence-electron chi connectivity index (χ4n) is 2.13. The smallest absolute Gasteiger partial charge is 0.411 e. The first-order chi connectivity index (χ1) is 9.17. The number of piperazine rings is 1. The van der Waals surface area contributed by atoms with Crippen molar-refractivity contribution in [3.8, 4) is 0 Å². The molecular weight excluding hydrogens is 242 g/mol. The second-order valence-corrected chi connectivity index (χ2v) is 4.89. The van der Waals surface area contributed by atoms with Crippen molar-refractivity contribution >= 4 is 11.8 Å². The number of hydrogen-bond donors (Lipinski definition) is 1. The number of methoxy groups -OCH3 is 1. The van der Waals surface area contributed by atoms with Crippen molar-refractivity contribution in [2.75, 3.05) is 45.7 Å². The van der Waals surface area contributed by atoms with Gasteiger partial charge in [0.25, 0.3) is 0 Å². The highest BCUT2D eigenvalue weighted by molar-refractivity contribution is 5.84. The molecule has 1 saturated heterocycles. The first-order valence-electron chi connectivity index (χ1n) is 6.52. The van der Waals surface area contributed by atoms with Gasteiger partial charge < -0.3 is 9.64 Å². The Morgan fingerprint density at radius 3 is 2.42 bits per heavy atom. The lowest BCUT2D eigenvalue weighted by atomic mass is 10.2. The maximum absolute atomic E-state index is 11.1. The van der Waals surface area contributed by atoms with Crippen LogP contribution in [0.3, 0.4) is 0 Å². The maximum atomic E-state index is 11.1. The average Bonchev–Trinajstić information content (AvgIpc) is 2.43. The van der Waals surface area contributed by atoms with E-state index in [0.29, 0.717) is 0 Å². The molecule has 19 heavy (non-hydrogen) atoms. The van der Waals surface area contributed by atoms with Gasteiger partial charge in [0.1, 0.15) is 0 Å². The molecular formula is C14H21N3O2. The van der Waals surface area contributed by atoms with Gasteiger partial charge >= 0.3 is 6.09 Å². The highest BCUT2D eigenvalue weighted by atomic mass is 16.5. The molecule has 0 aromatic heterocycles. The Bertz CT molecular complexity index is 411. The van der Waals surface area contributed by atoms with Gasteiger partial charge in [-0.3, -0.25) is 10.2 Å². The summed E-state index contributed by atoms with van der Waals surface area (Å²) in [5.74, 6) is 0. The zero-order valence-corrected chi connectivity index (χ0v) is 11.6. The fraction of sp³-hybridized carbons (Fsp3) is 0.500. The maximum Gasteiger partial charge on any atom is 0.411 e. The largest absolute Gasteiger partial charge is 0.453 e. The average molecular weight is 263 g/mol. The molecule has 0 atom stereocenters. The number of nitrogens with zero attached hydrogens (tertiary/aromatic N) is 2. The molecule has 5 nitrogen and oxygen atoms in total. The molecule has 1 aliphatic rings. The molecule has 104 valence electrons. The minimum atomic E-state index is -0.438. The molecule has 1 aliphatic heterocycles. The molecule has 1 heterocycles. The predicted molar refractivity (Wildman–Crippen MR) is 75.2 cm³/mol. The first kappa shape index (κ1) is 13.8. The van der Waals surface area contributed by atoms with Gasteiger partial charge in [-0.1, -0.05) is 12.1 Å². The van der Waals surface area contributed by atoms with E-state index in [-0.39, 0.29) is 0 Å². The second-order valence-electron chi connectivity index (χ2n) is 4.89. The van der Waals surface area contributed by atoms with E-state index in [2.05, 4.69) is 26.9 Å². The van der Waals surface area contributed by atoms with Crippen LogP contribution in [0.15, 0.2) is 24.3 Å². The molecule has 1 amide bonds. The molecule has 0 saturated carbocycles. The number of carbonyl (C=O) groups excluding carboxylic acids is 1. The van der Waals surface area contributed by atoms with E-state index >= 15 is 0 Å². The van der Waals surface area contributed by atoms with Gasteiger partial charge in [-0.25, -0.2) is 4.79 Å². The molecule has 0 unspecified atom stereocenters. The summed E-state index contributed by atoms with van der Waals surface area (Å²) in [5, 5.41) is 2.65. The number of benzene rings is 1. The SMILES string of the molecule is COC(=O)Nc1ccc(CN2CCN(C)CC2)cc1. The third-order valence-corrected chi connectivity index (χ3v) is 3.39. The van der Waals surface area contributed by atoms with Crippen LogP contribution >= 0.6 is 0 Å². The number of amides is 1. The Balaban J connectivity index is 1.86. The fourth-order valence-corrected chi connectivity index (χ4v) is 2.13. The Labute approximate surface area is 114 Å². The summed E-state index contributed by atoms with van der Waals surface area (Å²) in [6.45, 7) is 5.44. The molecule has 1 aromatic carbocycles. The highest BCUT2D eigenvalue weighted by Crippen LogP contribution is 2.12. The van der Waals surface area contributed by atoms with Crippen LogP contribution in [0.4, 0.5) is 10.5 Å². The molecule has 5 heteroatoms. The topological polar surface area (TPSA) is 44.8 Å². The highest BCUT2D eigenvalue weighted by Gasteiger charge is 2.13. The van der Waals surface area contributed by atoms with Crippen molar-refractivity contribution < 1.29 is 9.53 Å². The van der Waals surface area contributed by atoms with E-state index < -0.39 is 6.09 Å². The van der Waals surface area contributed by atoms with Gasteiger partial charge in [0.05, 0.1) is 7.11 Å². The monoisotopic (exact) mass is 263 g/mol. The molecule has 2 rings (SSSR count). The standard InChI is InChI=1S/C14H21N3O2/c1-16-7-9-17(10-8-16)11-12-3-5-13(6-4-12)15-14(18)19-2/h3-6H,7-11H2,1-2H3,(H,15,18). The van der Waals surface area contributed by atoms with Gasteiger partial charge in [0.2, 0.25) is 0 Å². The van der Waals surface area contributed by atoms with Crippen LogP contribution in [0.25, 0.3) is 0 Å². The summed E-state index contributed by atoms with van der Waals surface area (Å²) in [5.41, 5.74) is 2.02. The van der Waals surface area contributed by atoms with Crippen molar-refractivity contribution in [1.29, 1.82) is 0 Å². The summed E-state index contributed by atoms with van der Waals surface area (Å²) < 4.78 is 4.55. The van der Waals surface area contributed by atoms with E-state index in [1.807, 2.05) is 24.3 Å². The van der Waals surface area contributed by atoms with Crippen LogP contribution in [0.2, 0.25) is 0 Å². The number of likely N-dealkylation sites (N-methyl/N-ethyl adjacent to an activating group) is 1. The summed E-state index contributed by atoms with van der Waals surface area (Å²) >= 11 is 0. The molecule has 1 aromatic rings. The van der Waals surface area contributed by atoms with Crippen molar-refractivity contribution in [2.24, 2.45) is 0 Å². The van der Waals surface area contributed by atoms with Crippen LogP contribution in [0.1, 0.15) is 5.56 Å². The minimum absolute atomic E-state index is 0.438. The van der Waals surface area contributed by atoms with Gasteiger partial charge in [-0.05, 0) is 24.7 Å². The van der Waals surface area contributed by atoms with Crippen LogP contribution in [0, 0.1) is 0 Å². The van der Waals surface area contributed by atoms with E-state index in [1.165, 1.54) is 12.7 Å². The number of anilines is 1. The van der Waals surface area contributed by atoms with Crippen molar-refractivity contribution in [3.05, 3.63) is 29.8 Å². The van der Waals surface area contributed by atoms with Crippen LogP contribution in [-0.2, 0) is 11.3 Å². The van der Waals surface area contributed by atoms with Gasteiger partial charge in [0.15, 0.2) is 0 Å². The van der Waals surface area contributed by atoms with Crippen molar-refractivity contribution in [3.63, 3.8) is 0 Å². The first-order valence-corrected chi connectivity index (χ1v) is 6.52. The van der Waals surface area contributed by atoms with E-state index in [0.717, 1.165) is 38.4 Å². The third-order valence-electron chi connectivity index (χ3n) is 3.39. The summed E-state index contributed by atoms with van der Waals surface area (Å²) in [7, 11) is 3.52. The van der Waals surface area contributed by atoms with E-state index in [1.54, 1.807) is 0 Å². The normalized spacial score (nSPS) is 17.2. The van der Waals surface area contributed by atoms with E-state index in [4.69, 9.17) is 0 Å². The lowest BCUT2D eigenvalue weighted by Gasteiger charge is -2.32. The molecule has 0 aliphatic carbocycles. The number of nitrogens with one attached hydrogen (secondary N) is 1. The summed E-state index contributed by atoms with van der Waals surface area (Å²) in [6, 6.07) is 7.90. The van der Waals surface area contributed by atoms with Crippen molar-refractivity contribution in [1.82, 2.24) is 9.80 Å². The van der Waals surface area contributed by atoms with Gasteiger partial charge in [0, 0.05) is 38.4 Å². The van der Waals surface area contributed by atoms with Crippen LogP contribution in [0.5, 0.6) is 0 Å². The Kier molecular flexibility index (Phi) is 4.76. The number of carbonyl (C=O) groups is 1. The van der Waals surface area contributed by atoms with Crippen LogP contribution in [-0.4, -0.2) is 56.2 Å². The zero-order valence-electron chi connectivity index (χ0n) is 11.6. The van der Waals surface area contributed by atoms with Gasteiger partial charge in [-0.15, -0.1) is 0 Å².